The van der Waals surface area contributed by atoms with Gasteiger partial charge in [0, 0.05) is 5.57 Å². The molecule has 5 nitrogen and oxygen atoms in total. The summed E-state index contributed by atoms with van der Waals surface area (Å²) in [6.07, 6.45) is 5.41. The second-order valence-electron chi connectivity index (χ2n) is 3.93. The van der Waals surface area contributed by atoms with E-state index in [2.05, 4.69) is 6.92 Å². The van der Waals surface area contributed by atoms with Gasteiger partial charge in [0.25, 0.3) is 0 Å². The van der Waals surface area contributed by atoms with Crippen molar-refractivity contribution in [3.8, 4) is 0 Å². The molecular formula is C11H22NO4P. The molecule has 0 aliphatic rings. The number of allylic oxidation sites excluding steroid dienone is 1. The van der Waals surface area contributed by atoms with Crippen molar-refractivity contribution >= 4 is 14.0 Å². The highest BCUT2D eigenvalue weighted by atomic mass is 31.1. The lowest BCUT2D eigenvalue weighted by Gasteiger charge is -2.13. The van der Waals surface area contributed by atoms with Crippen LogP contribution in [-0.4, -0.2) is 28.2 Å². The maximum absolute atomic E-state index is 11.1. The molecule has 0 aromatic carbocycles. The van der Waals surface area contributed by atoms with Crippen molar-refractivity contribution < 1.29 is 19.4 Å². The van der Waals surface area contributed by atoms with Gasteiger partial charge in [0.05, 0.1) is 5.66 Å². The van der Waals surface area contributed by atoms with Gasteiger partial charge in [-0.05, 0) is 25.8 Å². The Labute approximate surface area is 103 Å². The molecule has 0 spiro atoms. The highest BCUT2D eigenvalue weighted by molar-refractivity contribution is 7.39. The normalized spacial score (nSPS) is 15.6. The van der Waals surface area contributed by atoms with Crippen molar-refractivity contribution in [2.75, 3.05) is 6.54 Å². The van der Waals surface area contributed by atoms with Crippen molar-refractivity contribution in [3.05, 3.63) is 11.6 Å². The van der Waals surface area contributed by atoms with E-state index >= 15 is 0 Å². The van der Waals surface area contributed by atoms with Crippen LogP contribution in [0.5, 0.6) is 0 Å². The van der Waals surface area contributed by atoms with Gasteiger partial charge >= 0.3 is 5.97 Å². The van der Waals surface area contributed by atoms with Gasteiger partial charge in [-0.1, -0.05) is 25.8 Å². The zero-order valence-electron chi connectivity index (χ0n) is 10.2. The minimum atomic E-state index is -2.90. The van der Waals surface area contributed by atoms with E-state index in [1.807, 2.05) is 0 Å². The van der Waals surface area contributed by atoms with Crippen molar-refractivity contribution in [2.45, 2.75) is 44.7 Å². The Hall–Kier alpha value is -0.640. The number of hydrogen-bond donors (Lipinski definition) is 3. The van der Waals surface area contributed by atoms with Crippen LogP contribution in [0.2, 0.25) is 0 Å². The first-order valence-corrected chi connectivity index (χ1v) is 7.34. The van der Waals surface area contributed by atoms with E-state index in [0.29, 0.717) is 6.42 Å². The molecule has 0 bridgehead atoms. The van der Waals surface area contributed by atoms with Crippen LogP contribution in [0, 0.1) is 0 Å². The maximum Gasteiger partial charge on any atom is 0.332 e. The highest BCUT2D eigenvalue weighted by Gasteiger charge is 2.23. The molecule has 0 aliphatic heterocycles. The summed E-state index contributed by atoms with van der Waals surface area (Å²) >= 11 is 0. The molecule has 0 amide bonds. The number of rotatable bonds is 9. The van der Waals surface area contributed by atoms with E-state index in [1.165, 1.54) is 0 Å². The number of carbonyl (C=O) groups is 1. The molecule has 6 heteroatoms. The predicted octanol–water partition coefficient (Wildman–Crippen LogP) is 1.76. The third-order valence-corrected chi connectivity index (χ3v) is 3.74. The Balaban J connectivity index is 4.67. The van der Waals surface area contributed by atoms with Crippen LogP contribution in [0.3, 0.4) is 0 Å². The third kappa shape index (κ3) is 6.61. The Morgan fingerprint density at radius 2 is 2.12 bits per heavy atom. The van der Waals surface area contributed by atoms with Crippen LogP contribution < -0.4 is 5.73 Å². The molecule has 0 radical (unpaired) electrons. The Morgan fingerprint density at radius 3 is 2.53 bits per heavy atom. The number of unbranched alkanes of at least 4 members (excludes halogenated alkanes) is 3. The zero-order chi connectivity index (χ0) is 13.3. The Bertz CT molecular complexity index is 291. The summed E-state index contributed by atoms with van der Waals surface area (Å²) in [7, 11) is -2.90. The van der Waals surface area contributed by atoms with Gasteiger partial charge in [0.2, 0.25) is 0 Å². The fraction of sp³-hybridized carbons (Fsp3) is 0.727. The van der Waals surface area contributed by atoms with E-state index in [1.54, 1.807) is 6.08 Å². The predicted molar refractivity (Wildman–Crippen MR) is 68.5 cm³/mol. The van der Waals surface area contributed by atoms with Crippen LogP contribution >= 0.6 is 8.03 Å². The molecule has 2 unspecified atom stereocenters. The molecule has 0 heterocycles. The molecule has 0 aromatic rings. The van der Waals surface area contributed by atoms with Gasteiger partial charge in [-0.25, -0.2) is 4.79 Å². The molecule has 0 rings (SSSR count). The number of nitrogens with two attached hydrogens (primary N) is 1. The SMILES string of the molecule is CCCCCC=C(C(=O)O)C(CCN)[PH](=O)O. The van der Waals surface area contributed by atoms with E-state index in [-0.39, 0.29) is 18.5 Å². The maximum atomic E-state index is 11.1. The Kier molecular flexibility index (Phi) is 9.04. The first-order valence-electron chi connectivity index (χ1n) is 5.90. The lowest BCUT2D eigenvalue weighted by molar-refractivity contribution is -0.132. The lowest BCUT2D eigenvalue weighted by Crippen LogP contribution is -2.18. The van der Waals surface area contributed by atoms with Crippen LogP contribution in [0.25, 0.3) is 0 Å². The molecular weight excluding hydrogens is 241 g/mol. The summed E-state index contributed by atoms with van der Waals surface area (Å²) in [5.41, 5.74) is 4.55. The summed E-state index contributed by atoms with van der Waals surface area (Å²) < 4.78 is 11.1. The lowest BCUT2D eigenvalue weighted by atomic mass is 10.1. The smallest absolute Gasteiger partial charge is 0.332 e. The molecule has 0 saturated carbocycles. The minimum absolute atomic E-state index is 0.0398. The van der Waals surface area contributed by atoms with Crippen LogP contribution in [0.1, 0.15) is 39.0 Å². The summed E-state index contributed by atoms with van der Waals surface area (Å²) in [5.74, 6) is -1.12. The zero-order valence-corrected chi connectivity index (χ0v) is 11.2. The molecule has 2 atom stereocenters. The highest BCUT2D eigenvalue weighted by Crippen LogP contribution is 2.31. The standard InChI is InChI=1S/C11H22NO4P/c1-2-3-4-5-6-9(11(13)14)10(7-8-12)17(15)16/h6,10,17H,2-5,7-8,12H2,1H3,(H,13,14)(H,15,16). The van der Waals surface area contributed by atoms with Crippen molar-refractivity contribution in [1.29, 1.82) is 0 Å². The average molecular weight is 263 g/mol. The number of carboxylic acids is 1. The van der Waals surface area contributed by atoms with E-state index in [0.717, 1.165) is 19.3 Å². The third-order valence-electron chi connectivity index (χ3n) is 2.55. The number of carboxylic acid groups (broad SMARTS) is 1. The molecule has 0 saturated heterocycles. The second kappa shape index (κ2) is 9.40. The first-order chi connectivity index (χ1) is 8.04. The summed E-state index contributed by atoms with van der Waals surface area (Å²) in [5, 5.41) is 9.03. The topological polar surface area (TPSA) is 101 Å². The number of aliphatic carboxylic acids is 1. The summed E-state index contributed by atoms with van der Waals surface area (Å²) in [6, 6.07) is 0. The van der Waals surface area contributed by atoms with Gasteiger partial charge < -0.3 is 15.7 Å². The average Bonchev–Trinajstić information content (AvgIpc) is 2.26. The van der Waals surface area contributed by atoms with Gasteiger partial charge in [-0.15, -0.1) is 0 Å². The molecule has 4 N–H and O–H groups in total. The van der Waals surface area contributed by atoms with Crippen LogP contribution in [0.15, 0.2) is 11.6 Å². The van der Waals surface area contributed by atoms with Gasteiger partial charge in [0.1, 0.15) is 0 Å². The molecule has 0 aromatic heterocycles. The fourth-order valence-corrected chi connectivity index (χ4v) is 2.53. The summed E-state index contributed by atoms with van der Waals surface area (Å²) in [4.78, 5) is 20.2. The molecule has 17 heavy (non-hydrogen) atoms. The Morgan fingerprint density at radius 1 is 1.47 bits per heavy atom. The van der Waals surface area contributed by atoms with Crippen LogP contribution in [0.4, 0.5) is 0 Å². The van der Waals surface area contributed by atoms with Gasteiger partial charge in [-0.3, -0.25) is 4.57 Å². The molecule has 0 aliphatic carbocycles. The van der Waals surface area contributed by atoms with Crippen molar-refractivity contribution in [1.82, 2.24) is 0 Å². The second-order valence-corrected chi connectivity index (χ2v) is 5.30. The van der Waals surface area contributed by atoms with Crippen LogP contribution in [-0.2, 0) is 9.36 Å². The van der Waals surface area contributed by atoms with Crippen molar-refractivity contribution in [2.24, 2.45) is 5.73 Å². The summed E-state index contributed by atoms with van der Waals surface area (Å²) in [6.45, 7) is 2.27. The largest absolute Gasteiger partial charge is 0.478 e. The van der Waals surface area contributed by atoms with Gasteiger partial charge in [-0.2, -0.15) is 0 Å². The van der Waals surface area contributed by atoms with E-state index in [4.69, 9.17) is 15.7 Å². The minimum Gasteiger partial charge on any atom is -0.478 e. The van der Waals surface area contributed by atoms with Gasteiger partial charge in [0.15, 0.2) is 8.03 Å². The van der Waals surface area contributed by atoms with E-state index < -0.39 is 19.7 Å². The van der Waals surface area contributed by atoms with Crippen molar-refractivity contribution in [3.63, 3.8) is 0 Å². The monoisotopic (exact) mass is 263 g/mol. The molecule has 0 fully saturated rings. The quantitative estimate of drug-likeness (QED) is 0.334. The first kappa shape index (κ1) is 16.4. The van der Waals surface area contributed by atoms with E-state index in [9.17, 15) is 9.36 Å². The molecule has 100 valence electrons. The number of hydrogen-bond acceptors (Lipinski definition) is 3. The fourth-order valence-electron chi connectivity index (χ4n) is 1.61.